The van der Waals surface area contributed by atoms with Crippen molar-refractivity contribution in [3.8, 4) is 0 Å². The van der Waals surface area contributed by atoms with Crippen LogP contribution < -0.4 is 10.7 Å². The zero-order valence-electron chi connectivity index (χ0n) is 11.3. The highest BCUT2D eigenvalue weighted by Crippen LogP contribution is 2.05. The second kappa shape index (κ2) is 7.40. The van der Waals surface area contributed by atoms with Gasteiger partial charge in [0.2, 0.25) is 0 Å². The predicted molar refractivity (Wildman–Crippen MR) is 89.1 cm³/mol. The highest BCUT2D eigenvalue weighted by Gasteiger charge is 2.01. The summed E-state index contributed by atoms with van der Waals surface area (Å²) in [5, 5.41) is 7.94. The molecule has 0 bridgehead atoms. The van der Waals surface area contributed by atoms with E-state index in [4.69, 9.17) is 12.2 Å². The molecule has 2 N–H and O–H groups in total. The molecule has 0 aromatic heterocycles. The van der Waals surface area contributed by atoms with Gasteiger partial charge in [-0.15, -0.1) is 0 Å². The Hall–Kier alpha value is -2.20. The number of benzene rings is 2. The first-order chi connectivity index (χ1) is 9.79. The molecule has 0 aliphatic carbocycles. The lowest BCUT2D eigenvalue weighted by Crippen LogP contribution is -2.25. The molecule has 0 aliphatic rings. The number of hydrazone groups is 1. The third kappa shape index (κ3) is 4.17. The number of anilines is 1. The number of hydrogen-bond acceptors (Lipinski definition) is 2. The molecule has 0 heterocycles. The van der Waals surface area contributed by atoms with Crippen molar-refractivity contribution in [3.05, 3.63) is 66.2 Å². The number of rotatable bonds is 4. The molecule has 0 amide bonds. The van der Waals surface area contributed by atoms with E-state index in [1.54, 1.807) is 0 Å². The lowest BCUT2D eigenvalue weighted by atomic mass is 10.1. The Bertz CT molecular complexity index is 579. The molecule has 2 rings (SSSR count). The van der Waals surface area contributed by atoms with Crippen LogP contribution in [0.2, 0.25) is 0 Å². The Balaban J connectivity index is 1.99. The fourth-order valence-electron chi connectivity index (χ4n) is 1.78. The van der Waals surface area contributed by atoms with E-state index in [0.29, 0.717) is 5.11 Å². The number of nitrogens with one attached hydrogen (secondary N) is 2. The molecule has 3 nitrogen and oxygen atoms in total. The van der Waals surface area contributed by atoms with Crippen LogP contribution in [0.25, 0.3) is 0 Å². The summed E-state index contributed by atoms with van der Waals surface area (Å²) in [6.45, 7) is 2.07. The van der Waals surface area contributed by atoms with Gasteiger partial charge in [-0.1, -0.05) is 55.5 Å². The van der Waals surface area contributed by atoms with Gasteiger partial charge in [0.05, 0.1) is 5.71 Å². The van der Waals surface area contributed by atoms with Crippen molar-refractivity contribution in [1.82, 2.24) is 5.43 Å². The Morgan fingerprint density at radius 1 is 1.00 bits per heavy atom. The molecule has 0 unspecified atom stereocenters. The molecule has 0 atom stereocenters. The maximum atomic E-state index is 5.22. The molecule has 2 aromatic carbocycles. The summed E-state index contributed by atoms with van der Waals surface area (Å²) < 4.78 is 0. The van der Waals surface area contributed by atoms with Crippen molar-refractivity contribution < 1.29 is 0 Å². The van der Waals surface area contributed by atoms with Crippen LogP contribution in [0, 0.1) is 0 Å². The maximum absolute atomic E-state index is 5.22. The van der Waals surface area contributed by atoms with Gasteiger partial charge in [0, 0.05) is 5.69 Å². The lowest BCUT2D eigenvalue weighted by molar-refractivity contribution is 1.02. The minimum Gasteiger partial charge on any atom is -0.331 e. The van der Waals surface area contributed by atoms with Gasteiger partial charge in [-0.3, -0.25) is 5.43 Å². The largest absolute Gasteiger partial charge is 0.331 e. The standard InChI is InChI=1S/C16H17N3S/c1-2-15(13-9-5-3-6-10-13)18-19-16(20)17-14-11-7-4-8-12-14/h3-12H,2H2,1H3,(H2,17,19,20)/b18-15+. The van der Waals surface area contributed by atoms with Crippen LogP contribution in [-0.4, -0.2) is 10.8 Å². The Kier molecular flexibility index (Phi) is 5.26. The van der Waals surface area contributed by atoms with Crippen LogP contribution in [0.3, 0.4) is 0 Å². The normalized spacial score (nSPS) is 10.9. The average Bonchev–Trinajstić information content (AvgIpc) is 2.50. The highest BCUT2D eigenvalue weighted by molar-refractivity contribution is 7.80. The van der Waals surface area contributed by atoms with Gasteiger partial charge in [0.15, 0.2) is 5.11 Å². The van der Waals surface area contributed by atoms with Gasteiger partial charge >= 0.3 is 0 Å². The summed E-state index contributed by atoms with van der Waals surface area (Å²) in [6.07, 6.45) is 0.838. The van der Waals surface area contributed by atoms with Gasteiger partial charge in [0.1, 0.15) is 0 Å². The summed E-state index contributed by atoms with van der Waals surface area (Å²) in [5.41, 5.74) is 5.91. The van der Waals surface area contributed by atoms with E-state index >= 15 is 0 Å². The van der Waals surface area contributed by atoms with Gasteiger partial charge in [-0.2, -0.15) is 5.10 Å². The number of hydrogen-bond donors (Lipinski definition) is 2. The summed E-state index contributed by atoms with van der Waals surface area (Å²) in [4.78, 5) is 0. The van der Waals surface area contributed by atoms with Crippen molar-refractivity contribution in [2.24, 2.45) is 5.10 Å². The minimum absolute atomic E-state index is 0.484. The third-order valence-electron chi connectivity index (χ3n) is 2.77. The predicted octanol–water partition coefficient (Wildman–Crippen LogP) is 3.79. The second-order valence-electron chi connectivity index (χ2n) is 4.21. The summed E-state index contributed by atoms with van der Waals surface area (Å²) >= 11 is 5.22. The van der Waals surface area contributed by atoms with E-state index in [-0.39, 0.29) is 0 Å². The molecule has 0 radical (unpaired) electrons. The van der Waals surface area contributed by atoms with Gasteiger partial charge in [-0.05, 0) is 36.3 Å². The van der Waals surface area contributed by atoms with E-state index in [1.165, 1.54) is 0 Å². The van der Waals surface area contributed by atoms with E-state index in [0.717, 1.165) is 23.4 Å². The SMILES string of the molecule is CC/C(=N\NC(=S)Nc1ccccc1)c1ccccc1. The second-order valence-corrected chi connectivity index (χ2v) is 4.62. The zero-order chi connectivity index (χ0) is 14.2. The van der Waals surface area contributed by atoms with Gasteiger partial charge in [0.25, 0.3) is 0 Å². The van der Waals surface area contributed by atoms with Crippen LogP contribution in [-0.2, 0) is 0 Å². The first-order valence-corrected chi connectivity index (χ1v) is 6.94. The van der Waals surface area contributed by atoms with Crippen molar-refractivity contribution >= 4 is 28.7 Å². The first kappa shape index (κ1) is 14.2. The number of para-hydroxylation sites is 1. The molecule has 0 fully saturated rings. The average molecular weight is 283 g/mol. The van der Waals surface area contributed by atoms with Crippen molar-refractivity contribution in [2.75, 3.05) is 5.32 Å². The molecular weight excluding hydrogens is 266 g/mol. The Morgan fingerprint density at radius 3 is 2.20 bits per heavy atom. The Labute approximate surface area is 124 Å². The van der Waals surface area contributed by atoms with E-state index in [1.807, 2.05) is 60.7 Å². The molecule has 0 saturated heterocycles. The van der Waals surface area contributed by atoms with Crippen LogP contribution in [0.4, 0.5) is 5.69 Å². The fraction of sp³-hybridized carbons (Fsp3) is 0.125. The molecule has 0 saturated carbocycles. The fourth-order valence-corrected chi connectivity index (χ4v) is 1.94. The smallest absolute Gasteiger partial charge is 0.191 e. The van der Waals surface area contributed by atoms with Crippen LogP contribution in [0.1, 0.15) is 18.9 Å². The molecule has 0 aliphatic heterocycles. The summed E-state index contributed by atoms with van der Waals surface area (Å²) in [7, 11) is 0. The van der Waals surface area contributed by atoms with E-state index in [2.05, 4.69) is 22.8 Å². The zero-order valence-corrected chi connectivity index (χ0v) is 12.2. The highest BCUT2D eigenvalue weighted by atomic mass is 32.1. The van der Waals surface area contributed by atoms with E-state index < -0.39 is 0 Å². The number of thiocarbonyl (C=S) groups is 1. The summed E-state index contributed by atoms with van der Waals surface area (Å²) in [5.74, 6) is 0. The van der Waals surface area contributed by atoms with Crippen molar-refractivity contribution in [1.29, 1.82) is 0 Å². The third-order valence-corrected chi connectivity index (χ3v) is 2.96. The van der Waals surface area contributed by atoms with Crippen LogP contribution >= 0.6 is 12.2 Å². The number of nitrogens with zero attached hydrogens (tertiary/aromatic N) is 1. The molecule has 4 heteroatoms. The quantitative estimate of drug-likeness (QED) is 0.509. The monoisotopic (exact) mass is 283 g/mol. The van der Waals surface area contributed by atoms with Gasteiger partial charge < -0.3 is 5.32 Å². The molecular formula is C16H17N3S. The maximum Gasteiger partial charge on any atom is 0.191 e. The lowest BCUT2D eigenvalue weighted by Gasteiger charge is -2.09. The van der Waals surface area contributed by atoms with Gasteiger partial charge in [-0.25, -0.2) is 0 Å². The molecule has 2 aromatic rings. The molecule has 20 heavy (non-hydrogen) atoms. The van der Waals surface area contributed by atoms with E-state index in [9.17, 15) is 0 Å². The summed E-state index contributed by atoms with van der Waals surface area (Å²) in [6, 6.07) is 19.9. The minimum atomic E-state index is 0.484. The van der Waals surface area contributed by atoms with Crippen LogP contribution in [0.5, 0.6) is 0 Å². The van der Waals surface area contributed by atoms with Crippen molar-refractivity contribution in [3.63, 3.8) is 0 Å². The first-order valence-electron chi connectivity index (χ1n) is 6.53. The molecule has 102 valence electrons. The topological polar surface area (TPSA) is 36.4 Å². The molecule has 0 spiro atoms. The Morgan fingerprint density at radius 2 is 1.60 bits per heavy atom. The van der Waals surface area contributed by atoms with Crippen LogP contribution in [0.15, 0.2) is 65.8 Å². The van der Waals surface area contributed by atoms with Crippen molar-refractivity contribution in [2.45, 2.75) is 13.3 Å².